The highest BCUT2D eigenvalue weighted by atomic mass is 16.7. The Labute approximate surface area is 259 Å². The van der Waals surface area contributed by atoms with E-state index < -0.39 is 30.5 Å². The molecule has 2 fully saturated rings. The number of benzene rings is 2. The van der Waals surface area contributed by atoms with Crippen LogP contribution in [0.1, 0.15) is 71.8 Å². The summed E-state index contributed by atoms with van der Waals surface area (Å²) in [4.78, 5) is 35.3. The van der Waals surface area contributed by atoms with Gasteiger partial charge >= 0.3 is 13.2 Å². The van der Waals surface area contributed by atoms with Gasteiger partial charge in [0.15, 0.2) is 0 Å². The number of aromatic nitrogens is 2. The zero-order valence-electron chi connectivity index (χ0n) is 26.5. The van der Waals surface area contributed by atoms with E-state index in [4.69, 9.17) is 18.8 Å². The molecule has 2 N–H and O–H groups in total. The van der Waals surface area contributed by atoms with Crippen LogP contribution in [0.3, 0.4) is 0 Å². The Morgan fingerprint density at radius 1 is 1.09 bits per heavy atom. The molecule has 4 heterocycles. The van der Waals surface area contributed by atoms with Crippen molar-refractivity contribution < 1.29 is 28.4 Å². The first-order valence-electron chi connectivity index (χ1n) is 15.3. The van der Waals surface area contributed by atoms with Gasteiger partial charge in [-0.15, -0.1) is 0 Å². The van der Waals surface area contributed by atoms with E-state index in [1.165, 1.54) is 7.11 Å². The van der Waals surface area contributed by atoms with E-state index in [1.807, 2.05) is 24.8 Å². The Morgan fingerprint density at radius 2 is 1.82 bits per heavy atom. The largest absolute Gasteiger partial charge is 0.494 e. The maximum Gasteiger partial charge on any atom is 0.494 e. The summed E-state index contributed by atoms with van der Waals surface area (Å²) < 4.78 is 23.5. The fourth-order valence-electron chi connectivity index (χ4n) is 6.15. The molecule has 3 aliphatic heterocycles. The van der Waals surface area contributed by atoms with Crippen LogP contribution in [0.15, 0.2) is 42.6 Å². The lowest BCUT2D eigenvalue weighted by Crippen LogP contribution is -2.51. The summed E-state index contributed by atoms with van der Waals surface area (Å²) >= 11 is 0. The highest BCUT2D eigenvalue weighted by Crippen LogP contribution is 2.41. The minimum atomic E-state index is -0.675. The van der Waals surface area contributed by atoms with E-state index in [9.17, 15) is 9.59 Å². The third kappa shape index (κ3) is 5.36. The Bertz CT molecular complexity index is 1570. The Morgan fingerprint density at radius 3 is 2.52 bits per heavy atom. The zero-order valence-corrected chi connectivity index (χ0v) is 26.5. The molecule has 1 unspecified atom stereocenters. The van der Waals surface area contributed by atoms with Gasteiger partial charge in [0.25, 0.3) is 0 Å². The van der Waals surface area contributed by atoms with E-state index in [1.54, 1.807) is 6.20 Å². The van der Waals surface area contributed by atoms with Crippen LogP contribution in [-0.4, -0.2) is 64.9 Å². The number of methoxy groups -OCH3 is 1. The van der Waals surface area contributed by atoms with Gasteiger partial charge in [0.2, 0.25) is 5.91 Å². The van der Waals surface area contributed by atoms with E-state index in [0.717, 1.165) is 57.8 Å². The number of carbonyl (C=O) groups excluding carboxylic acids is 2. The topological polar surface area (TPSA) is 115 Å². The first kappa shape index (κ1) is 30.2. The second-order valence-electron chi connectivity index (χ2n) is 13.2. The number of H-pyrrole nitrogens is 1. The van der Waals surface area contributed by atoms with Crippen molar-refractivity contribution in [2.75, 3.05) is 13.7 Å². The summed E-state index contributed by atoms with van der Waals surface area (Å²) in [5.41, 5.74) is 5.23. The van der Waals surface area contributed by atoms with Gasteiger partial charge in [0.1, 0.15) is 24.2 Å². The summed E-state index contributed by atoms with van der Waals surface area (Å²) in [7, 11) is 0.874. The number of ether oxygens (including phenoxy) is 2. The van der Waals surface area contributed by atoms with Crippen molar-refractivity contribution >= 4 is 24.6 Å². The van der Waals surface area contributed by atoms with E-state index >= 15 is 0 Å². The number of alkyl carbamates (subject to hydrolysis) is 1. The SMILES string of the molecule is COC(=O)NC(C(=O)N1CCC[C@H]1c1ncc(-c2ccc3c(c2)OCc2cc(B4OC(C)(C)C(C)(C)O4)ccc2-3)[nH]1)C(C)C. The normalized spacial score (nSPS) is 20.6. The summed E-state index contributed by atoms with van der Waals surface area (Å²) in [5, 5.41) is 2.70. The number of aromatic amines is 1. The second kappa shape index (κ2) is 11.3. The number of likely N-dealkylation sites (tertiary alicyclic amines) is 1. The smallest absolute Gasteiger partial charge is 0.488 e. The number of hydrogen-bond acceptors (Lipinski definition) is 7. The van der Waals surface area contributed by atoms with E-state index in [0.29, 0.717) is 13.2 Å². The Kier molecular flexibility index (Phi) is 7.74. The molecule has 0 saturated carbocycles. The number of imidazole rings is 1. The van der Waals surface area contributed by atoms with Crippen LogP contribution in [0.25, 0.3) is 22.4 Å². The number of amides is 2. The van der Waals surface area contributed by atoms with Crippen LogP contribution in [0.4, 0.5) is 4.79 Å². The van der Waals surface area contributed by atoms with Gasteiger partial charge in [-0.1, -0.05) is 38.1 Å². The number of carbonyl (C=O) groups is 2. The standard InChI is InChI=1S/C33H41BN4O6/c1-19(2)28(37-31(40)41-7)30(39)38-14-8-9-26(38)29-35-17-25(36-29)20-10-12-24-23-13-11-22(15-21(23)18-42-27(24)16-20)34-43-32(3,4)33(5,6)44-34/h10-13,15-17,19,26,28H,8-9,14,18H2,1-7H3,(H,35,36)(H,37,40)/t26-,28?/m0/s1. The van der Waals surface area contributed by atoms with Crippen molar-refractivity contribution in [2.45, 2.75) is 84.3 Å². The predicted molar refractivity (Wildman–Crippen MR) is 167 cm³/mol. The number of fused-ring (bicyclic) bond motifs is 3. The molecular formula is C33H41BN4O6. The van der Waals surface area contributed by atoms with Gasteiger partial charge in [0, 0.05) is 17.7 Å². The molecule has 10 nitrogen and oxygen atoms in total. The third-order valence-electron chi connectivity index (χ3n) is 9.46. The molecule has 11 heteroatoms. The summed E-state index contributed by atoms with van der Waals surface area (Å²) in [6.45, 7) is 13.1. The van der Waals surface area contributed by atoms with Crippen molar-refractivity contribution in [3.63, 3.8) is 0 Å². The number of nitrogens with one attached hydrogen (secondary N) is 2. The molecule has 0 spiro atoms. The maximum atomic E-state index is 13.5. The highest BCUT2D eigenvalue weighted by molar-refractivity contribution is 6.62. The number of hydrogen-bond donors (Lipinski definition) is 2. The zero-order chi connectivity index (χ0) is 31.4. The first-order valence-corrected chi connectivity index (χ1v) is 15.3. The highest BCUT2D eigenvalue weighted by Gasteiger charge is 2.51. The molecule has 3 aromatic rings. The summed E-state index contributed by atoms with van der Waals surface area (Å²) in [6, 6.07) is 11.6. The van der Waals surface area contributed by atoms with Crippen LogP contribution in [0.2, 0.25) is 0 Å². The van der Waals surface area contributed by atoms with Gasteiger partial charge in [-0.3, -0.25) is 4.79 Å². The van der Waals surface area contributed by atoms with Crippen molar-refractivity contribution in [1.29, 1.82) is 0 Å². The first-order chi connectivity index (χ1) is 20.9. The van der Waals surface area contributed by atoms with Crippen molar-refractivity contribution in [2.24, 2.45) is 5.92 Å². The lowest BCUT2D eigenvalue weighted by molar-refractivity contribution is -0.135. The Balaban J connectivity index is 1.20. The molecule has 0 aliphatic carbocycles. The molecule has 3 aliphatic rings. The molecule has 44 heavy (non-hydrogen) atoms. The van der Waals surface area contributed by atoms with Crippen LogP contribution in [0.5, 0.6) is 5.75 Å². The Hall–Kier alpha value is -3.83. The van der Waals surface area contributed by atoms with Crippen LogP contribution >= 0.6 is 0 Å². The number of rotatable bonds is 6. The van der Waals surface area contributed by atoms with E-state index in [2.05, 4.69) is 73.3 Å². The fraction of sp³-hybridized carbons (Fsp3) is 0.485. The monoisotopic (exact) mass is 600 g/mol. The second-order valence-corrected chi connectivity index (χ2v) is 13.2. The summed E-state index contributed by atoms with van der Waals surface area (Å²) in [6.07, 6.45) is 2.84. The van der Waals surface area contributed by atoms with Gasteiger partial charge in [0.05, 0.1) is 36.2 Å². The van der Waals surface area contributed by atoms with Crippen molar-refractivity contribution in [3.05, 3.63) is 54.0 Å². The summed E-state index contributed by atoms with van der Waals surface area (Å²) in [5.74, 6) is 1.31. The third-order valence-corrected chi connectivity index (χ3v) is 9.46. The maximum absolute atomic E-state index is 13.5. The lowest BCUT2D eigenvalue weighted by atomic mass is 9.77. The quantitative estimate of drug-likeness (QED) is 0.384. The fourth-order valence-corrected chi connectivity index (χ4v) is 6.15. The van der Waals surface area contributed by atoms with Gasteiger partial charge in [-0.2, -0.15) is 0 Å². The molecule has 1 aromatic heterocycles. The minimum Gasteiger partial charge on any atom is -0.488 e. The van der Waals surface area contributed by atoms with Crippen LogP contribution in [-0.2, 0) is 25.4 Å². The molecule has 232 valence electrons. The van der Waals surface area contributed by atoms with Gasteiger partial charge < -0.3 is 34.0 Å². The van der Waals surface area contributed by atoms with Gasteiger partial charge in [-0.25, -0.2) is 9.78 Å². The molecule has 2 saturated heterocycles. The number of nitrogens with zero attached hydrogens (tertiary/aromatic N) is 2. The van der Waals surface area contributed by atoms with Crippen molar-refractivity contribution in [3.8, 4) is 28.1 Å². The van der Waals surface area contributed by atoms with Gasteiger partial charge in [-0.05, 0) is 75.2 Å². The van der Waals surface area contributed by atoms with Crippen molar-refractivity contribution in [1.82, 2.24) is 20.2 Å². The van der Waals surface area contributed by atoms with Crippen LogP contribution < -0.4 is 15.5 Å². The molecule has 0 bridgehead atoms. The average molecular weight is 601 g/mol. The lowest BCUT2D eigenvalue weighted by Gasteiger charge is -2.32. The molecule has 0 radical (unpaired) electrons. The molecule has 2 aromatic carbocycles. The molecule has 2 amide bonds. The van der Waals surface area contributed by atoms with Crippen LogP contribution in [0, 0.1) is 5.92 Å². The molecular weight excluding hydrogens is 559 g/mol. The predicted octanol–water partition coefficient (Wildman–Crippen LogP) is 4.98. The molecule has 6 rings (SSSR count). The van der Waals surface area contributed by atoms with E-state index in [-0.39, 0.29) is 17.9 Å². The minimum absolute atomic E-state index is 0.0918. The average Bonchev–Trinajstić information content (AvgIpc) is 3.72. The molecule has 2 atom stereocenters.